The van der Waals surface area contributed by atoms with Gasteiger partial charge in [0.05, 0.1) is 0 Å². The van der Waals surface area contributed by atoms with Crippen molar-refractivity contribution in [3.8, 4) is 22.3 Å². The van der Waals surface area contributed by atoms with Gasteiger partial charge in [0.2, 0.25) is 0 Å². The van der Waals surface area contributed by atoms with Gasteiger partial charge >= 0.3 is 250 Å². The second-order valence-electron chi connectivity index (χ2n) is 13.8. The van der Waals surface area contributed by atoms with Crippen molar-refractivity contribution in [1.82, 2.24) is 0 Å². The molecule has 0 amide bonds. The first kappa shape index (κ1) is 28.6. The molecular weight excluding hydrogens is 675 g/mol. The average Bonchev–Trinajstić information content (AvgIpc) is 3.57. The SMILES string of the molecule is CC[Si](C)=[Hf]([CH3])([CH3])([CH]1C=Cc2c(-c3cc(C)cc(C)c3)cccc21)[CH]1C=Cc2c(-c3cc(C)cc(C)c3)cccc21. The van der Waals surface area contributed by atoms with Crippen molar-refractivity contribution in [1.29, 1.82) is 0 Å². The summed E-state index contributed by atoms with van der Waals surface area (Å²) in [6, 6.07) is 29.6. The van der Waals surface area contributed by atoms with Crippen LogP contribution >= 0.6 is 0 Å². The van der Waals surface area contributed by atoms with E-state index in [-0.39, 0.29) is 0 Å². The Kier molecular flexibility index (Phi) is 7.19. The summed E-state index contributed by atoms with van der Waals surface area (Å²) in [5, 5.41) is 0. The van der Waals surface area contributed by atoms with E-state index in [1.54, 1.807) is 11.1 Å². The molecular formula is C39H44HfSi. The molecule has 41 heavy (non-hydrogen) atoms. The number of fused-ring (bicyclic) bond motifs is 2. The third kappa shape index (κ3) is 4.57. The predicted octanol–water partition coefficient (Wildman–Crippen LogP) is 11.5. The van der Waals surface area contributed by atoms with Crippen molar-refractivity contribution in [2.45, 2.75) is 63.9 Å². The van der Waals surface area contributed by atoms with E-state index in [1.165, 1.54) is 61.7 Å². The first-order valence-electron chi connectivity index (χ1n) is 15.3. The van der Waals surface area contributed by atoms with Crippen LogP contribution in [0.1, 0.15) is 58.8 Å². The zero-order valence-corrected chi connectivity index (χ0v) is 30.7. The molecule has 0 spiro atoms. The van der Waals surface area contributed by atoms with Crippen molar-refractivity contribution in [2.75, 3.05) is 0 Å². The van der Waals surface area contributed by atoms with Gasteiger partial charge in [-0.1, -0.05) is 0 Å². The Bertz CT molecular complexity index is 1680. The van der Waals surface area contributed by atoms with Gasteiger partial charge in [0.1, 0.15) is 0 Å². The van der Waals surface area contributed by atoms with Crippen LogP contribution in [0.15, 0.2) is 84.9 Å². The molecule has 0 nitrogen and oxygen atoms in total. The summed E-state index contributed by atoms with van der Waals surface area (Å²) in [6.45, 7) is 14.0. The maximum atomic E-state index is 2.84. The Hall–Kier alpha value is -2.55. The summed E-state index contributed by atoms with van der Waals surface area (Å²) in [6.07, 6.45) is 10.3. The number of aryl methyl sites for hydroxylation is 4. The number of allylic oxidation sites excluding steroid dienone is 2. The van der Waals surface area contributed by atoms with E-state index in [0.717, 1.165) is 0 Å². The van der Waals surface area contributed by atoms with Gasteiger partial charge in [-0.15, -0.1) is 0 Å². The first-order chi connectivity index (χ1) is 19.5. The number of benzene rings is 4. The van der Waals surface area contributed by atoms with Crippen LogP contribution in [0.2, 0.25) is 22.0 Å². The summed E-state index contributed by atoms with van der Waals surface area (Å²) in [5.41, 5.74) is 16.4. The fraction of sp³-hybridized carbons (Fsp3) is 0.282. The molecule has 4 aromatic rings. The van der Waals surface area contributed by atoms with Crippen molar-refractivity contribution < 1.29 is 17.1 Å². The molecule has 0 N–H and O–H groups in total. The van der Waals surface area contributed by atoms with Crippen LogP contribution in [0.25, 0.3) is 34.4 Å². The van der Waals surface area contributed by atoms with E-state index in [1.807, 2.05) is 0 Å². The topological polar surface area (TPSA) is 0 Å². The van der Waals surface area contributed by atoms with Gasteiger partial charge in [0.25, 0.3) is 0 Å². The van der Waals surface area contributed by atoms with E-state index >= 15 is 0 Å². The molecule has 0 bridgehead atoms. The Labute approximate surface area is 248 Å². The van der Waals surface area contributed by atoms with E-state index in [4.69, 9.17) is 0 Å². The monoisotopic (exact) mass is 720 g/mol. The molecule has 2 heteroatoms. The molecule has 2 unspecified atom stereocenters. The second-order valence-corrected chi connectivity index (χ2v) is 61.4. The van der Waals surface area contributed by atoms with Crippen LogP contribution in [-0.2, 0) is 17.1 Å². The van der Waals surface area contributed by atoms with Crippen molar-refractivity contribution >= 4 is 17.6 Å². The molecule has 2 aliphatic rings. The average molecular weight is 719 g/mol. The van der Waals surface area contributed by atoms with Crippen molar-refractivity contribution in [3.63, 3.8) is 0 Å². The summed E-state index contributed by atoms with van der Waals surface area (Å²) in [4.78, 5) is 0. The van der Waals surface area contributed by atoms with Gasteiger partial charge in [-0.3, -0.25) is 0 Å². The maximum absolute atomic E-state index is 3.74. The molecule has 2 aliphatic carbocycles. The number of hydrogen-bond acceptors (Lipinski definition) is 0. The molecule has 2 atom stereocenters. The minimum atomic E-state index is -3.74. The van der Waals surface area contributed by atoms with Crippen LogP contribution in [0.4, 0.5) is 0 Å². The van der Waals surface area contributed by atoms with Gasteiger partial charge in [0.15, 0.2) is 0 Å². The Morgan fingerprint density at radius 1 is 0.610 bits per heavy atom. The van der Waals surface area contributed by atoms with E-state index in [2.05, 4.69) is 148 Å². The quantitative estimate of drug-likeness (QED) is 0.180. The molecule has 0 heterocycles. The van der Waals surface area contributed by atoms with Crippen LogP contribution in [0.3, 0.4) is 0 Å². The third-order valence-electron chi connectivity index (χ3n) is 10.7. The Morgan fingerprint density at radius 2 is 1.00 bits per heavy atom. The Balaban J connectivity index is 1.53. The summed E-state index contributed by atoms with van der Waals surface area (Å²) in [5.74, 6) is 0. The standard InChI is InChI=1S/2C17H15.C3H8Si.2CH3.Hf/c2*1-12-9-13(2)11-15(10-12)17-8-4-6-14-5-3-7-16(14)17;1-3-4-2;;;/h2*3-11H,1-2H3;3H2,1-2H3;2*1H3;. The molecule has 0 aliphatic heterocycles. The molecule has 0 fully saturated rings. The normalized spacial score (nSPS) is 17.6. The summed E-state index contributed by atoms with van der Waals surface area (Å²) < 4.78 is 6.82. The molecule has 0 saturated carbocycles. The molecule has 208 valence electrons. The minimum absolute atomic E-state index is 0.567. The summed E-state index contributed by atoms with van der Waals surface area (Å²) in [7, 11) is 0. The fourth-order valence-corrected chi connectivity index (χ4v) is 53.1. The zero-order chi connectivity index (χ0) is 29.1. The number of rotatable bonds is 5. The first-order valence-corrected chi connectivity index (χ1v) is 34.3. The third-order valence-corrected chi connectivity index (χ3v) is 69.8. The fourth-order valence-electron chi connectivity index (χ4n) is 8.27. The van der Waals surface area contributed by atoms with E-state index < -0.39 is 22.6 Å². The summed E-state index contributed by atoms with van der Waals surface area (Å²) >= 11 is -3.74. The molecule has 4 aromatic carbocycles. The van der Waals surface area contributed by atoms with Crippen molar-refractivity contribution in [3.05, 3.63) is 129 Å². The number of hydrogen-bond donors (Lipinski definition) is 0. The molecule has 0 aromatic heterocycles. The predicted molar refractivity (Wildman–Crippen MR) is 180 cm³/mol. The zero-order valence-electron chi connectivity index (χ0n) is 26.1. The second kappa shape index (κ2) is 10.3. The molecule has 0 radical (unpaired) electrons. The molecule has 6 rings (SSSR count). The molecule has 0 saturated heterocycles. The van der Waals surface area contributed by atoms with Gasteiger partial charge in [-0.2, -0.15) is 0 Å². The van der Waals surface area contributed by atoms with Gasteiger partial charge in [0, 0.05) is 0 Å². The van der Waals surface area contributed by atoms with E-state index in [9.17, 15) is 0 Å². The van der Waals surface area contributed by atoms with Crippen molar-refractivity contribution in [2.24, 2.45) is 0 Å². The van der Waals surface area contributed by atoms with Crippen LogP contribution in [-0.4, -0.2) is 5.49 Å². The van der Waals surface area contributed by atoms with Crippen LogP contribution in [0, 0.1) is 27.7 Å². The van der Waals surface area contributed by atoms with Crippen LogP contribution in [0.5, 0.6) is 0 Å². The van der Waals surface area contributed by atoms with Gasteiger partial charge in [-0.05, 0) is 0 Å². The van der Waals surface area contributed by atoms with Gasteiger partial charge in [-0.25, -0.2) is 0 Å². The van der Waals surface area contributed by atoms with Gasteiger partial charge < -0.3 is 0 Å². The van der Waals surface area contributed by atoms with E-state index in [0.29, 0.717) is 7.35 Å². The van der Waals surface area contributed by atoms with Crippen LogP contribution < -0.4 is 0 Å². The Morgan fingerprint density at radius 3 is 1.37 bits per heavy atom.